The first-order valence-corrected chi connectivity index (χ1v) is 9.24. The summed E-state index contributed by atoms with van der Waals surface area (Å²) in [4.78, 5) is 16.2. The number of urea groups is 1. The Balaban J connectivity index is 1.82. The average molecular weight is 358 g/mol. The summed E-state index contributed by atoms with van der Waals surface area (Å²) in [5, 5.41) is 21.5. The van der Waals surface area contributed by atoms with Crippen LogP contribution in [0.2, 0.25) is 0 Å². The molecule has 0 aliphatic carbocycles. The molecule has 0 spiro atoms. The monoisotopic (exact) mass is 358 g/mol. The first-order valence-electron chi connectivity index (χ1n) is 9.24. The molecule has 26 heavy (non-hydrogen) atoms. The van der Waals surface area contributed by atoms with Crippen molar-refractivity contribution in [2.45, 2.75) is 45.2 Å². The number of aromatic nitrogens is 2. The molecule has 0 saturated carbocycles. The minimum atomic E-state index is -0.0407. The molecular formula is C18H26N6O2. The third-order valence-corrected chi connectivity index (χ3v) is 5.32. The number of nitrogens with zero attached hydrogens (tertiary/aromatic N) is 5. The number of hydrogen-bond donors (Lipinski definition) is 1. The van der Waals surface area contributed by atoms with Crippen molar-refractivity contribution in [2.24, 2.45) is 0 Å². The highest BCUT2D eigenvalue weighted by Crippen LogP contribution is 2.29. The molecule has 0 aromatic carbocycles. The largest absolute Gasteiger partial charge is 0.383 e. The number of fused-ring (bicyclic) bond motifs is 1. The topological polar surface area (TPSA) is 94.4 Å². The van der Waals surface area contributed by atoms with Crippen molar-refractivity contribution in [1.82, 2.24) is 20.4 Å². The highest BCUT2D eigenvalue weighted by atomic mass is 16.5. The molecule has 0 radical (unpaired) electrons. The van der Waals surface area contributed by atoms with E-state index in [1.807, 2.05) is 18.7 Å². The van der Waals surface area contributed by atoms with Gasteiger partial charge in [0.05, 0.1) is 24.4 Å². The average Bonchev–Trinajstić information content (AvgIpc) is 2.98. The van der Waals surface area contributed by atoms with Gasteiger partial charge in [0.1, 0.15) is 11.6 Å². The maximum absolute atomic E-state index is 12.3. The molecule has 3 rings (SSSR count). The van der Waals surface area contributed by atoms with E-state index in [1.54, 1.807) is 7.11 Å². The lowest BCUT2D eigenvalue weighted by Crippen LogP contribution is -2.52. The zero-order valence-corrected chi connectivity index (χ0v) is 15.7. The second kappa shape index (κ2) is 7.87. The summed E-state index contributed by atoms with van der Waals surface area (Å²) < 4.78 is 5.11. The van der Waals surface area contributed by atoms with Crippen molar-refractivity contribution in [1.29, 1.82) is 5.26 Å². The van der Waals surface area contributed by atoms with Gasteiger partial charge in [-0.3, -0.25) is 0 Å². The highest BCUT2D eigenvalue weighted by molar-refractivity contribution is 5.78. The molecule has 2 aliphatic rings. The Labute approximate surface area is 154 Å². The predicted octanol–water partition coefficient (Wildman–Crippen LogP) is 1.09. The van der Waals surface area contributed by atoms with Crippen molar-refractivity contribution in [3.8, 4) is 6.07 Å². The van der Waals surface area contributed by atoms with Crippen molar-refractivity contribution < 1.29 is 9.53 Å². The van der Waals surface area contributed by atoms with Crippen molar-refractivity contribution in [3.05, 3.63) is 16.8 Å². The van der Waals surface area contributed by atoms with Gasteiger partial charge >= 0.3 is 6.03 Å². The van der Waals surface area contributed by atoms with Gasteiger partial charge in [-0.25, -0.2) is 4.79 Å². The Morgan fingerprint density at radius 2 is 2.15 bits per heavy atom. The van der Waals surface area contributed by atoms with Crippen molar-refractivity contribution in [3.63, 3.8) is 0 Å². The second-order valence-electron chi connectivity index (χ2n) is 6.69. The summed E-state index contributed by atoms with van der Waals surface area (Å²) >= 11 is 0. The van der Waals surface area contributed by atoms with E-state index in [-0.39, 0.29) is 18.1 Å². The summed E-state index contributed by atoms with van der Waals surface area (Å²) in [7, 11) is 1.64. The van der Waals surface area contributed by atoms with E-state index < -0.39 is 0 Å². The third-order valence-electron chi connectivity index (χ3n) is 5.32. The van der Waals surface area contributed by atoms with Gasteiger partial charge in [-0.05, 0) is 24.8 Å². The minimum Gasteiger partial charge on any atom is -0.383 e. The van der Waals surface area contributed by atoms with E-state index in [4.69, 9.17) is 4.74 Å². The molecule has 8 heteroatoms. The Morgan fingerprint density at radius 3 is 2.81 bits per heavy atom. The zero-order valence-electron chi connectivity index (χ0n) is 15.7. The summed E-state index contributed by atoms with van der Waals surface area (Å²) in [6.07, 6.45) is 2.35. The molecule has 2 amide bonds. The number of amides is 2. The van der Waals surface area contributed by atoms with Crippen molar-refractivity contribution in [2.75, 3.05) is 38.3 Å². The van der Waals surface area contributed by atoms with Gasteiger partial charge in [-0.1, -0.05) is 13.8 Å². The summed E-state index contributed by atoms with van der Waals surface area (Å²) in [5.41, 5.74) is 2.50. The summed E-state index contributed by atoms with van der Waals surface area (Å²) in [5.74, 6) is 0.643. The smallest absolute Gasteiger partial charge is 0.318 e. The Hall–Kier alpha value is -2.40. The van der Waals surface area contributed by atoms with E-state index in [0.29, 0.717) is 31.1 Å². The lowest BCUT2D eigenvalue weighted by atomic mass is 9.98. The van der Waals surface area contributed by atoms with Crippen LogP contribution < -0.4 is 10.2 Å². The van der Waals surface area contributed by atoms with Gasteiger partial charge in [-0.15, -0.1) is 5.10 Å². The predicted molar refractivity (Wildman–Crippen MR) is 97.0 cm³/mol. The molecule has 2 atom stereocenters. The number of ether oxygens (including phenoxy) is 1. The van der Waals surface area contributed by atoms with Crippen LogP contribution in [0.3, 0.4) is 0 Å². The number of nitrogens with one attached hydrogen (secondary N) is 1. The quantitative estimate of drug-likeness (QED) is 0.818. The molecule has 1 N–H and O–H groups in total. The van der Waals surface area contributed by atoms with Gasteiger partial charge in [0.25, 0.3) is 0 Å². The standard InChI is InChI=1S/C18H26N6O2/c1-4-12-13(10-19)17(22-21-14(12)5-2)23-7-6-16-15(11-23)20-18(25)24(16)8-9-26-3/h15-16H,4-9,11H2,1-3H3,(H,20,25)/t15-,16+/m1/s1. The summed E-state index contributed by atoms with van der Waals surface area (Å²) in [6, 6.07) is 2.48. The van der Waals surface area contributed by atoms with E-state index >= 15 is 0 Å². The van der Waals surface area contributed by atoms with Gasteiger partial charge in [0, 0.05) is 26.7 Å². The number of hydrogen-bond acceptors (Lipinski definition) is 6. The molecule has 2 fully saturated rings. The maximum atomic E-state index is 12.3. The van der Waals surface area contributed by atoms with Gasteiger partial charge in [0.15, 0.2) is 5.82 Å². The van der Waals surface area contributed by atoms with E-state index in [0.717, 1.165) is 37.1 Å². The molecule has 1 aromatic heterocycles. The first kappa shape index (κ1) is 18.4. The first-order chi connectivity index (χ1) is 12.6. The van der Waals surface area contributed by atoms with E-state index in [9.17, 15) is 10.1 Å². The number of nitriles is 1. The number of rotatable bonds is 6. The van der Waals surface area contributed by atoms with Crippen LogP contribution in [0.15, 0.2) is 0 Å². The molecule has 8 nitrogen and oxygen atoms in total. The normalized spacial score (nSPS) is 22.2. The molecule has 1 aromatic rings. The van der Waals surface area contributed by atoms with Crippen LogP contribution in [-0.2, 0) is 17.6 Å². The third kappa shape index (κ3) is 3.19. The zero-order chi connectivity index (χ0) is 18.7. The van der Waals surface area contributed by atoms with Crippen molar-refractivity contribution >= 4 is 11.8 Å². The van der Waals surface area contributed by atoms with E-state index in [1.165, 1.54) is 0 Å². The minimum absolute atomic E-state index is 0.0253. The fourth-order valence-electron chi connectivity index (χ4n) is 4.00. The van der Waals surface area contributed by atoms with Crippen LogP contribution in [0.5, 0.6) is 0 Å². The Morgan fingerprint density at radius 1 is 1.35 bits per heavy atom. The van der Waals surface area contributed by atoms with Gasteiger partial charge < -0.3 is 19.9 Å². The lowest BCUT2D eigenvalue weighted by molar-refractivity contribution is 0.140. The molecule has 2 aliphatic heterocycles. The fourth-order valence-corrected chi connectivity index (χ4v) is 4.00. The fraction of sp³-hybridized carbons (Fsp3) is 0.667. The number of anilines is 1. The molecule has 0 bridgehead atoms. The molecular weight excluding hydrogens is 332 g/mol. The van der Waals surface area contributed by atoms with Gasteiger partial charge in [0.2, 0.25) is 0 Å². The highest BCUT2D eigenvalue weighted by Gasteiger charge is 2.43. The lowest BCUT2D eigenvalue weighted by Gasteiger charge is -2.37. The Kier molecular flexibility index (Phi) is 5.57. The number of aryl methyl sites for hydroxylation is 1. The molecule has 140 valence electrons. The van der Waals surface area contributed by atoms with Crippen LogP contribution in [0, 0.1) is 11.3 Å². The number of piperidine rings is 1. The molecule has 2 saturated heterocycles. The number of methoxy groups -OCH3 is 1. The SMILES string of the molecule is CCc1nnc(N2CC[C@H]3[C@@H](C2)NC(=O)N3CCOC)c(C#N)c1CC. The summed E-state index contributed by atoms with van der Waals surface area (Å²) in [6.45, 7) is 6.58. The Bertz CT molecular complexity index is 716. The van der Waals surface area contributed by atoms with Crippen LogP contribution in [0.1, 0.15) is 37.1 Å². The van der Waals surface area contributed by atoms with Gasteiger partial charge in [-0.2, -0.15) is 10.4 Å². The number of carbonyl (C=O) groups is 1. The van der Waals surface area contributed by atoms with Crippen LogP contribution in [0.25, 0.3) is 0 Å². The van der Waals surface area contributed by atoms with Crippen LogP contribution in [0.4, 0.5) is 10.6 Å². The molecule has 0 unspecified atom stereocenters. The molecule has 3 heterocycles. The van der Waals surface area contributed by atoms with Crippen LogP contribution in [-0.4, -0.2) is 66.6 Å². The number of carbonyl (C=O) groups excluding carboxylic acids is 1. The second-order valence-corrected chi connectivity index (χ2v) is 6.69. The maximum Gasteiger partial charge on any atom is 0.318 e. The van der Waals surface area contributed by atoms with Crippen LogP contribution >= 0.6 is 0 Å². The van der Waals surface area contributed by atoms with E-state index in [2.05, 4.69) is 26.5 Å².